The molecule has 6 heteroatoms. The maximum Gasteiger partial charge on any atom is 0.244 e. The normalized spacial score (nSPS) is 25.3. The van der Waals surface area contributed by atoms with Gasteiger partial charge in [0.2, 0.25) is 5.91 Å². The zero-order chi connectivity index (χ0) is 16.1. The molecular weight excluding hydrogens is 292 g/mol. The summed E-state index contributed by atoms with van der Waals surface area (Å²) < 4.78 is 7.02. The van der Waals surface area contributed by atoms with Crippen molar-refractivity contribution >= 4 is 11.6 Å². The van der Waals surface area contributed by atoms with E-state index in [1.165, 1.54) is 32.1 Å². The predicted molar refractivity (Wildman–Crippen MR) is 89.3 cm³/mol. The Bertz CT molecular complexity index is 510. The minimum atomic E-state index is 0.118. The van der Waals surface area contributed by atoms with E-state index in [4.69, 9.17) is 4.74 Å². The minimum Gasteiger partial charge on any atom is -0.379 e. The summed E-state index contributed by atoms with van der Waals surface area (Å²) in [5.41, 5.74) is 1.03. The van der Waals surface area contributed by atoms with Gasteiger partial charge in [-0.05, 0) is 18.8 Å². The third kappa shape index (κ3) is 4.25. The van der Waals surface area contributed by atoms with E-state index < -0.39 is 0 Å². The van der Waals surface area contributed by atoms with Crippen molar-refractivity contribution in [1.82, 2.24) is 14.7 Å². The zero-order valence-electron chi connectivity index (χ0n) is 14.0. The number of amides is 1. The van der Waals surface area contributed by atoms with E-state index in [1.807, 2.05) is 17.3 Å². The summed E-state index contributed by atoms with van der Waals surface area (Å²) in [6.07, 6.45) is 10.2. The number of hydrogen-bond donors (Lipinski definition) is 1. The van der Waals surface area contributed by atoms with E-state index >= 15 is 0 Å². The Morgan fingerprint density at radius 3 is 2.91 bits per heavy atom. The minimum absolute atomic E-state index is 0.118. The third-order valence-corrected chi connectivity index (χ3v) is 5.08. The van der Waals surface area contributed by atoms with Crippen molar-refractivity contribution in [1.29, 1.82) is 0 Å². The molecule has 0 aromatic carbocycles. The van der Waals surface area contributed by atoms with Gasteiger partial charge in [0.05, 0.1) is 25.1 Å². The van der Waals surface area contributed by atoms with Crippen molar-refractivity contribution in [2.24, 2.45) is 5.92 Å². The zero-order valence-corrected chi connectivity index (χ0v) is 14.0. The number of carbonyl (C=O) groups excluding carboxylic acids is 1. The highest BCUT2D eigenvalue weighted by molar-refractivity contribution is 5.76. The van der Waals surface area contributed by atoms with Gasteiger partial charge in [-0.2, -0.15) is 5.10 Å². The topological polar surface area (TPSA) is 59.4 Å². The van der Waals surface area contributed by atoms with Crippen LogP contribution >= 0.6 is 0 Å². The first-order chi connectivity index (χ1) is 11.3. The number of ether oxygens (including phenoxy) is 1. The van der Waals surface area contributed by atoms with Gasteiger partial charge in [-0.3, -0.25) is 9.48 Å². The van der Waals surface area contributed by atoms with Gasteiger partial charge >= 0.3 is 0 Å². The van der Waals surface area contributed by atoms with Gasteiger partial charge in [-0.1, -0.05) is 26.2 Å². The van der Waals surface area contributed by atoms with Gasteiger partial charge in [0.1, 0.15) is 6.54 Å². The number of anilines is 1. The van der Waals surface area contributed by atoms with Crippen LogP contribution in [0.15, 0.2) is 12.4 Å². The van der Waals surface area contributed by atoms with E-state index in [9.17, 15) is 4.79 Å². The molecule has 1 aliphatic carbocycles. The molecule has 128 valence electrons. The molecule has 1 saturated heterocycles. The summed E-state index contributed by atoms with van der Waals surface area (Å²) in [4.78, 5) is 14.1. The van der Waals surface area contributed by atoms with Crippen LogP contribution < -0.4 is 5.32 Å². The van der Waals surface area contributed by atoms with Gasteiger partial charge in [0.15, 0.2) is 0 Å². The summed E-state index contributed by atoms with van der Waals surface area (Å²) in [5.74, 6) is 0.870. The van der Waals surface area contributed by atoms with Crippen LogP contribution in [0.5, 0.6) is 0 Å². The van der Waals surface area contributed by atoms with E-state index in [1.54, 1.807) is 4.68 Å². The number of rotatable bonds is 5. The molecule has 6 nitrogen and oxygen atoms in total. The molecule has 0 bridgehead atoms. The fourth-order valence-corrected chi connectivity index (χ4v) is 3.68. The molecule has 1 aromatic heterocycles. The molecule has 1 aliphatic heterocycles. The Morgan fingerprint density at radius 2 is 2.13 bits per heavy atom. The van der Waals surface area contributed by atoms with Crippen LogP contribution in [0.25, 0.3) is 0 Å². The molecular formula is C17H28N4O2. The molecule has 2 aliphatic rings. The lowest BCUT2D eigenvalue weighted by Crippen LogP contribution is -2.42. The van der Waals surface area contributed by atoms with Gasteiger partial charge < -0.3 is 15.0 Å². The highest BCUT2D eigenvalue weighted by Gasteiger charge is 2.24. The number of nitrogens with zero attached hydrogens (tertiary/aromatic N) is 3. The van der Waals surface area contributed by atoms with Crippen molar-refractivity contribution in [3.05, 3.63) is 12.4 Å². The molecule has 0 radical (unpaired) electrons. The van der Waals surface area contributed by atoms with Crippen molar-refractivity contribution in [3.8, 4) is 0 Å². The quantitative estimate of drug-likeness (QED) is 0.903. The predicted octanol–water partition coefficient (Wildman–Crippen LogP) is 2.12. The first kappa shape index (κ1) is 16.3. The molecule has 1 saturated carbocycles. The van der Waals surface area contributed by atoms with Crippen molar-refractivity contribution in [3.63, 3.8) is 0 Å². The monoisotopic (exact) mass is 320 g/mol. The Morgan fingerprint density at radius 1 is 1.35 bits per heavy atom. The molecule has 3 rings (SSSR count). The number of carbonyl (C=O) groups is 1. The fraction of sp³-hybridized carbons (Fsp3) is 0.765. The lowest BCUT2D eigenvalue weighted by Gasteiger charge is -2.31. The summed E-state index contributed by atoms with van der Waals surface area (Å²) in [5, 5.41) is 7.97. The molecule has 1 amide bonds. The van der Waals surface area contributed by atoms with Crippen LogP contribution in [0.4, 0.5) is 5.69 Å². The Balaban J connectivity index is 1.54. The van der Waals surface area contributed by atoms with Crippen LogP contribution in [-0.2, 0) is 16.1 Å². The highest BCUT2D eigenvalue weighted by Crippen LogP contribution is 2.29. The maximum atomic E-state index is 12.3. The molecule has 1 N–H and O–H groups in total. The number of nitrogens with one attached hydrogen (secondary N) is 1. The molecule has 2 heterocycles. The van der Waals surface area contributed by atoms with Gasteiger partial charge in [-0.15, -0.1) is 0 Å². The van der Waals surface area contributed by atoms with E-state index in [0.29, 0.717) is 38.9 Å². The Kier molecular flexibility index (Phi) is 5.54. The van der Waals surface area contributed by atoms with E-state index in [-0.39, 0.29) is 5.91 Å². The van der Waals surface area contributed by atoms with Crippen molar-refractivity contribution < 1.29 is 9.53 Å². The van der Waals surface area contributed by atoms with Crippen LogP contribution in [0, 0.1) is 5.92 Å². The first-order valence-corrected chi connectivity index (χ1v) is 8.90. The van der Waals surface area contributed by atoms with E-state index in [0.717, 1.165) is 11.6 Å². The summed E-state index contributed by atoms with van der Waals surface area (Å²) >= 11 is 0. The molecule has 2 atom stereocenters. The number of hydrogen-bond acceptors (Lipinski definition) is 4. The number of aromatic nitrogens is 2. The average Bonchev–Trinajstić information content (AvgIpc) is 3.03. The lowest BCUT2D eigenvalue weighted by atomic mass is 9.83. The van der Waals surface area contributed by atoms with Crippen LogP contribution in [0.2, 0.25) is 0 Å². The smallest absolute Gasteiger partial charge is 0.244 e. The van der Waals surface area contributed by atoms with Crippen LogP contribution in [-0.4, -0.2) is 52.9 Å². The van der Waals surface area contributed by atoms with Gasteiger partial charge in [-0.25, -0.2) is 0 Å². The van der Waals surface area contributed by atoms with Crippen molar-refractivity contribution in [2.45, 2.75) is 51.6 Å². The second kappa shape index (κ2) is 7.81. The molecule has 1 aromatic rings. The SMILES string of the molecule is CC[C@H]1CCCC[C@@H]1Nc1cnn(CC(=O)N2CCOCC2)c1. The maximum absolute atomic E-state index is 12.3. The average molecular weight is 320 g/mol. The molecule has 2 fully saturated rings. The lowest BCUT2D eigenvalue weighted by molar-refractivity contribution is -0.136. The summed E-state index contributed by atoms with van der Waals surface area (Å²) in [6.45, 7) is 5.23. The van der Waals surface area contributed by atoms with Crippen molar-refractivity contribution in [2.75, 3.05) is 31.6 Å². The highest BCUT2D eigenvalue weighted by atomic mass is 16.5. The molecule has 0 unspecified atom stereocenters. The second-order valence-electron chi connectivity index (χ2n) is 6.62. The molecule has 23 heavy (non-hydrogen) atoms. The van der Waals surface area contributed by atoms with Crippen LogP contribution in [0.1, 0.15) is 39.0 Å². The Labute approximate surface area is 138 Å². The summed E-state index contributed by atoms with van der Waals surface area (Å²) in [7, 11) is 0. The van der Waals surface area contributed by atoms with Gasteiger partial charge in [0.25, 0.3) is 0 Å². The standard InChI is InChI=1S/C17H28N4O2/c1-2-14-5-3-4-6-16(14)19-15-11-18-21(12-15)13-17(22)20-7-9-23-10-8-20/h11-12,14,16,19H,2-10,13H2,1H3/t14-,16-/m0/s1. The Hall–Kier alpha value is -1.56. The van der Waals surface area contributed by atoms with Gasteiger partial charge in [0, 0.05) is 25.3 Å². The van der Waals surface area contributed by atoms with E-state index in [2.05, 4.69) is 17.3 Å². The fourth-order valence-electron chi connectivity index (χ4n) is 3.68. The first-order valence-electron chi connectivity index (χ1n) is 8.90. The number of morpholine rings is 1. The summed E-state index contributed by atoms with van der Waals surface area (Å²) in [6, 6.07) is 0.543. The third-order valence-electron chi connectivity index (χ3n) is 5.08. The molecule has 0 spiro atoms. The largest absolute Gasteiger partial charge is 0.379 e. The van der Waals surface area contributed by atoms with Crippen LogP contribution in [0.3, 0.4) is 0 Å². The second-order valence-corrected chi connectivity index (χ2v) is 6.62.